The second-order valence-electron chi connectivity index (χ2n) is 7.93. The monoisotopic (exact) mass is 392 g/mol. The molecule has 2 aliphatic rings. The summed E-state index contributed by atoms with van der Waals surface area (Å²) in [5.41, 5.74) is 4.75. The third kappa shape index (κ3) is 3.46. The minimum absolute atomic E-state index is 0.0381. The molecule has 2 fully saturated rings. The fraction of sp³-hybridized carbons (Fsp3) is 0.556. The summed E-state index contributed by atoms with van der Waals surface area (Å²) in [5, 5.41) is 0.229. The Morgan fingerprint density at radius 1 is 1.22 bits per heavy atom. The lowest BCUT2D eigenvalue weighted by atomic mass is 10.2. The Bertz CT molecular complexity index is 1120. The molecule has 146 valence electrons. The molecule has 0 bridgehead atoms. The summed E-state index contributed by atoms with van der Waals surface area (Å²) in [6, 6.07) is 4.41. The van der Waals surface area contributed by atoms with Crippen LogP contribution in [0.5, 0.6) is 0 Å². The molecule has 3 N–H and O–H groups in total. The number of benzene rings is 1. The topological polar surface area (TPSA) is 116 Å². The predicted molar refractivity (Wildman–Crippen MR) is 102 cm³/mol. The van der Waals surface area contributed by atoms with Crippen molar-refractivity contribution < 1.29 is 8.42 Å². The zero-order chi connectivity index (χ0) is 19.4. The van der Waals surface area contributed by atoms with Gasteiger partial charge in [-0.15, -0.1) is 0 Å². The van der Waals surface area contributed by atoms with Crippen LogP contribution in [0.15, 0.2) is 32.7 Å². The Hall–Kier alpha value is -1.97. The Balaban J connectivity index is 1.89. The van der Waals surface area contributed by atoms with Gasteiger partial charge in [-0.2, -0.15) is 0 Å². The molecule has 27 heavy (non-hydrogen) atoms. The number of fused-ring (bicyclic) bond motifs is 1. The summed E-state index contributed by atoms with van der Waals surface area (Å²) >= 11 is 0. The molecule has 0 spiro atoms. The molecule has 2 aliphatic carbocycles. The standard InChI is InChI=1S/C18H24N4O4S/c1-18(6-7-18)20-27(25,26)13-4-5-15-14(10-13)16(23)21(9-8-19)17(24)22(15)11-12-2-3-12/h4-5,10,12,20H,2-3,6-9,11,19H2,1H3. The first-order valence-electron chi connectivity index (χ1n) is 9.25. The summed E-state index contributed by atoms with van der Waals surface area (Å²) in [7, 11) is -3.73. The van der Waals surface area contributed by atoms with Gasteiger partial charge in [0.05, 0.1) is 15.8 Å². The van der Waals surface area contributed by atoms with E-state index in [0.29, 0.717) is 18.0 Å². The maximum absolute atomic E-state index is 12.8. The van der Waals surface area contributed by atoms with Gasteiger partial charge < -0.3 is 5.73 Å². The lowest BCUT2D eigenvalue weighted by molar-refractivity contribution is 0.548. The molecule has 2 aromatic rings. The summed E-state index contributed by atoms with van der Waals surface area (Å²) in [4.78, 5) is 25.7. The van der Waals surface area contributed by atoms with E-state index in [4.69, 9.17) is 5.73 Å². The molecule has 1 heterocycles. The van der Waals surface area contributed by atoms with Gasteiger partial charge in [0.1, 0.15) is 0 Å². The van der Waals surface area contributed by atoms with E-state index in [-0.39, 0.29) is 29.1 Å². The predicted octanol–water partition coefficient (Wildman–Crippen LogP) is 0.363. The smallest absolute Gasteiger partial charge is 0.329 e. The molecule has 0 aliphatic heterocycles. The summed E-state index contributed by atoms with van der Waals surface area (Å²) < 4.78 is 30.7. The van der Waals surface area contributed by atoms with Crippen molar-refractivity contribution in [3.8, 4) is 0 Å². The zero-order valence-electron chi connectivity index (χ0n) is 15.3. The minimum atomic E-state index is -3.73. The van der Waals surface area contributed by atoms with Crippen LogP contribution in [0.3, 0.4) is 0 Å². The largest absolute Gasteiger partial charge is 0.331 e. The molecular formula is C18H24N4O4S. The highest BCUT2D eigenvalue weighted by molar-refractivity contribution is 7.89. The highest BCUT2D eigenvalue weighted by atomic mass is 32.2. The third-order valence-electron chi connectivity index (χ3n) is 5.38. The quantitative estimate of drug-likeness (QED) is 0.706. The van der Waals surface area contributed by atoms with Crippen molar-refractivity contribution in [2.45, 2.75) is 56.1 Å². The second kappa shape index (κ2) is 6.29. The summed E-state index contributed by atoms with van der Waals surface area (Å²) in [6.07, 6.45) is 3.70. The normalized spacial score (nSPS) is 18.7. The molecule has 8 nitrogen and oxygen atoms in total. The lowest BCUT2D eigenvalue weighted by Gasteiger charge is -2.16. The Morgan fingerprint density at radius 2 is 1.93 bits per heavy atom. The number of aromatic nitrogens is 2. The fourth-order valence-corrected chi connectivity index (χ4v) is 4.80. The first kappa shape index (κ1) is 18.4. The molecular weight excluding hydrogens is 368 g/mol. The van der Waals surface area contributed by atoms with E-state index in [0.717, 1.165) is 30.3 Å². The maximum Gasteiger partial charge on any atom is 0.331 e. The van der Waals surface area contributed by atoms with Crippen LogP contribution < -0.4 is 21.7 Å². The highest BCUT2D eigenvalue weighted by Gasteiger charge is 2.41. The van der Waals surface area contributed by atoms with Crippen LogP contribution >= 0.6 is 0 Å². The number of rotatable bonds is 7. The van der Waals surface area contributed by atoms with Gasteiger partial charge in [0.2, 0.25) is 10.0 Å². The van der Waals surface area contributed by atoms with E-state index in [9.17, 15) is 18.0 Å². The van der Waals surface area contributed by atoms with E-state index >= 15 is 0 Å². The number of nitrogens with zero attached hydrogens (tertiary/aromatic N) is 2. The molecule has 1 aromatic heterocycles. The van der Waals surface area contributed by atoms with Gasteiger partial charge in [-0.05, 0) is 56.7 Å². The number of nitrogens with one attached hydrogen (secondary N) is 1. The first-order valence-corrected chi connectivity index (χ1v) is 10.7. The fourth-order valence-electron chi connectivity index (χ4n) is 3.30. The molecule has 0 radical (unpaired) electrons. The average Bonchev–Trinajstić information content (AvgIpc) is 3.54. The zero-order valence-corrected chi connectivity index (χ0v) is 16.1. The minimum Gasteiger partial charge on any atom is -0.329 e. The number of sulfonamides is 1. The van der Waals surface area contributed by atoms with Crippen LogP contribution in [0, 0.1) is 5.92 Å². The molecule has 4 rings (SSSR count). The van der Waals surface area contributed by atoms with Crippen LogP contribution in [0.4, 0.5) is 0 Å². The van der Waals surface area contributed by atoms with Gasteiger partial charge in [0.25, 0.3) is 5.56 Å². The SMILES string of the molecule is CC1(NS(=O)(=O)c2ccc3c(c2)c(=O)n(CCN)c(=O)n3CC2CC2)CC1. The molecule has 0 atom stereocenters. The van der Waals surface area contributed by atoms with Crippen LogP contribution in [0.25, 0.3) is 10.9 Å². The highest BCUT2D eigenvalue weighted by Crippen LogP contribution is 2.36. The average molecular weight is 392 g/mol. The van der Waals surface area contributed by atoms with Crippen molar-refractivity contribution in [1.29, 1.82) is 0 Å². The molecule has 9 heteroatoms. The Morgan fingerprint density at radius 3 is 2.52 bits per heavy atom. The van der Waals surface area contributed by atoms with Crippen molar-refractivity contribution in [3.63, 3.8) is 0 Å². The van der Waals surface area contributed by atoms with Gasteiger partial charge in [-0.25, -0.2) is 17.9 Å². The van der Waals surface area contributed by atoms with Crippen molar-refractivity contribution in [2.75, 3.05) is 6.54 Å². The molecule has 2 saturated carbocycles. The van der Waals surface area contributed by atoms with Crippen LogP contribution in [-0.2, 0) is 23.1 Å². The van der Waals surface area contributed by atoms with Crippen LogP contribution in [0.2, 0.25) is 0 Å². The van der Waals surface area contributed by atoms with Crippen LogP contribution in [-0.4, -0.2) is 29.6 Å². The van der Waals surface area contributed by atoms with E-state index in [1.54, 1.807) is 10.6 Å². The van der Waals surface area contributed by atoms with E-state index < -0.39 is 21.1 Å². The Labute approximate surface area is 157 Å². The van der Waals surface area contributed by atoms with E-state index in [1.807, 2.05) is 6.92 Å². The Kier molecular flexibility index (Phi) is 4.28. The second-order valence-corrected chi connectivity index (χ2v) is 9.61. The van der Waals surface area contributed by atoms with Gasteiger partial charge in [0.15, 0.2) is 0 Å². The van der Waals surface area contributed by atoms with Crippen molar-refractivity contribution in [2.24, 2.45) is 11.7 Å². The summed E-state index contributed by atoms with van der Waals surface area (Å²) in [6.45, 7) is 2.64. The number of nitrogens with two attached hydrogens (primary N) is 1. The van der Waals surface area contributed by atoms with Gasteiger partial charge in [-0.1, -0.05) is 0 Å². The summed E-state index contributed by atoms with van der Waals surface area (Å²) in [5.74, 6) is 0.426. The first-order chi connectivity index (χ1) is 12.7. The van der Waals surface area contributed by atoms with Crippen molar-refractivity contribution in [1.82, 2.24) is 13.9 Å². The molecule has 1 aromatic carbocycles. The van der Waals surface area contributed by atoms with Crippen molar-refractivity contribution in [3.05, 3.63) is 39.0 Å². The molecule has 0 saturated heterocycles. The lowest BCUT2D eigenvalue weighted by Crippen LogP contribution is -2.42. The van der Waals surface area contributed by atoms with E-state index in [2.05, 4.69) is 4.72 Å². The molecule has 0 unspecified atom stereocenters. The maximum atomic E-state index is 12.8. The van der Waals surface area contributed by atoms with E-state index in [1.165, 1.54) is 12.1 Å². The van der Waals surface area contributed by atoms with Gasteiger partial charge in [-0.3, -0.25) is 13.9 Å². The van der Waals surface area contributed by atoms with Gasteiger partial charge in [0, 0.05) is 25.2 Å². The number of hydrogen-bond acceptors (Lipinski definition) is 5. The van der Waals surface area contributed by atoms with Gasteiger partial charge >= 0.3 is 5.69 Å². The van der Waals surface area contributed by atoms with Crippen LogP contribution in [0.1, 0.15) is 32.6 Å². The third-order valence-corrected chi connectivity index (χ3v) is 7.01. The molecule has 0 amide bonds. The number of hydrogen-bond donors (Lipinski definition) is 2. The van der Waals surface area contributed by atoms with Crippen molar-refractivity contribution >= 4 is 20.9 Å².